The number of ether oxygens (including phenoxy) is 1. The molecular weight excluding hydrogens is 312 g/mol. The lowest BCUT2D eigenvalue weighted by Gasteiger charge is -2.12. The highest BCUT2D eigenvalue weighted by atomic mass is 35.5. The molecule has 23 heavy (non-hydrogen) atoms. The highest BCUT2D eigenvalue weighted by Gasteiger charge is 2.06. The predicted molar refractivity (Wildman–Crippen MR) is 94.9 cm³/mol. The quantitative estimate of drug-likeness (QED) is 0.780. The Labute approximate surface area is 143 Å². The minimum absolute atomic E-state index is 0. The van der Waals surface area contributed by atoms with Crippen molar-refractivity contribution in [2.75, 3.05) is 13.6 Å². The normalized spacial score (nSPS) is 9.78. The molecule has 0 radical (unpaired) electrons. The maximum absolute atomic E-state index is 11.7. The van der Waals surface area contributed by atoms with Crippen LogP contribution in [0.25, 0.3) is 0 Å². The first-order valence-corrected chi connectivity index (χ1v) is 7.45. The van der Waals surface area contributed by atoms with Crippen LogP contribution in [0.1, 0.15) is 17.5 Å². The van der Waals surface area contributed by atoms with Gasteiger partial charge < -0.3 is 15.4 Å². The number of amides is 1. The van der Waals surface area contributed by atoms with Crippen LogP contribution in [0.4, 0.5) is 0 Å². The number of carbonyl (C=O) groups is 1. The first-order chi connectivity index (χ1) is 10.8. The van der Waals surface area contributed by atoms with Crippen molar-refractivity contribution >= 4 is 18.3 Å². The van der Waals surface area contributed by atoms with E-state index in [1.165, 1.54) is 0 Å². The van der Waals surface area contributed by atoms with Crippen molar-refractivity contribution in [3.63, 3.8) is 0 Å². The first-order valence-electron chi connectivity index (χ1n) is 7.45. The van der Waals surface area contributed by atoms with Crippen LogP contribution in [0.15, 0.2) is 54.6 Å². The van der Waals surface area contributed by atoms with Gasteiger partial charge in [-0.1, -0.05) is 48.5 Å². The lowest BCUT2D eigenvalue weighted by atomic mass is 10.2. The summed E-state index contributed by atoms with van der Waals surface area (Å²) in [4.78, 5) is 11.7. The molecule has 0 bridgehead atoms. The van der Waals surface area contributed by atoms with Crippen molar-refractivity contribution in [3.05, 3.63) is 65.7 Å². The lowest BCUT2D eigenvalue weighted by Crippen LogP contribution is -2.26. The molecule has 5 heteroatoms. The topological polar surface area (TPSA) is 50.4 Å². The van der Waals surface area contributed by atoms with E-state index in [-0.39, 0.29) is 18.3 Å². The van der Waals surface area contributed by atoms with Gasteiger partial charge in [0.05, 0.1) is 0 Å². The van der Waals surface area contributed by atoms with Gasteiger partial charge in [-0.3, -0.25) is 4.79 Å². The number of hydrogen-bond donors (Lipinski definition) is 2. The monoisotopic (exact) mass is 334 g/mol. The minimum atomic E-state index is 0. The largest absolute Gasteiger partial charge is 0.489 e. The molecule has 0 aromatic heterocycles. The highest BCUT2D eigenvalue weighted by molar-refractivity contribution is 5.85. The summed E-state index contributed by atoms with van der Waals surface area (Å²) in [6.07, 6.45) is 0.476. The molecule has 124 valence electrons. The van der Waals surface area contributed by atoms with Gasteiger partial charge in [-0.2, -0.15) is 0 Å². The highest BCUT2D eigenvalue weighted by Crippen LogP contribution is 2.19. The van der Waals surface area contributed by atoms with Crippen LogP contribution in [0, 0.1) is 0 Å². The molecule has 0 saturated heterocycles. The van der Waals surface area contributed by atoms with E-state index in [1.54, 1.807) is 0 Å². The van der Waals surface area contributed by atoms with Crippen LogP contribution in [-0.4, -0.2) is 19.5 Å². The summed E-state index contributed by atoms with van der Waals surface area (Å²) in [5.74, 6) is 0.840. The number of hydrogen-bond acceptors (Lipinski definition) is 3. The van der Waals surface area contributed by atoms with Crippen molar-refractivity contribution in [1.29, 1.82) is 0 Å². The number of halogens is 1. The van der Waals surface area contributed by atoms with Crippen LogP contribution in [0.3, 0.4) is 0 Å². The van der Waals surface area contributed by atoms with Gasteiger partial charge in [0, 0.05) is 25.1 Å². The molecule has 2 aromatic rings. The standard InChI is InChI=1S/C18H22N2O2.ClH/c1-19-12-11-18(21)20-13-16-9-5-6-10-17(16)22-14-15-7-3-2-4-8-15;/h2-10,19H,11-14H2,1H3,(H,20,21);1H. The van der Waals surface area contributed by atoms with E-state index >= 15 is 0 Å². The Bertz CT molecular complexity index is 591. The van der Waals surface area contributed by atoms with Gasteiger partial charge in [0.25, 0.3) is 0 Å². The van der Waals surface area contributed by atoms with Crippen molar-refractivity contribution in [1.82, 2.24) is 10.6 Å². The Morgan fingerprint density at radius 2 is 1.74 bits per heavy atom. The number of nitrogens with one attached hydrogen (secondary N) is 2. The van der Waals surface area contributed by atoms with Gasteiger partial charge in [0.2, 0.25) is 5.91 Å². The summed E-state index contributed by atoms with van der Waals surface area (Å²) >= 11 is 0. The molecule has 0 aliphatic rings. The smallest absolute Gasteiger partial charge is 0.221 e. The van der Waals surface area contributed by atoms with Gasteiger partial charge in [-0.05, 0) is 18.7 Å². The van der Waals surface area contributed by atoms with Gasteiger partial charge in [-0.25, -0.2) is 0 Å². The molecule has 2 N–H and O–H groups in total. The molecule has 0 fully saturated rings. The summed E-state index contributed by atoms with van der Waals surface area (Å²) in [6.45, 7) is 1.68. The predicted octanol–water partition coefficient (Wildman–Crippen LogP) is 2.91. The molecule has 2 aromatic carbocycles. The SMILES string of the molecule is CNCCC(=O)NCc1ccccc1OCc1ccccc1.Cl. The average Bonchev–Trinajstić information content (AvgIpc) is 2.58. The summed E-state index contributed by atoms with van der Waals surface area (Å²) in [5.41, 5.74) is 2.10. The Morgan fingerprint density at radius 3 is 2.48 bits per heavy atom. The molecule has 2 rings (SSSR count). The molecule has 0 spiro atoms. The van der Waals surface area contributed by atoms with Crippen molar-refractivity contribution in [2.45, 2.75) is 19.6 Å². The zero-order valence-electron chi connectivity index (χ0n) is 13.2. The zero-order valence-corrected chi connectivity index (χ0v) is 14.1. The zero-order chi connectivity index (χ0) is 15.6. The Kier molecular flexibility index (Phi) is 8.80. The Hall–Kier alpha value is -2.04. The fourth-order valence-electron chi connectivity index (χ4n) is 2.05. The molecule has 0 saturated carbocycles. The van der Waals surface area contributed by atoms with Gasteiger partial charge in [-0.15, -0.1) is 12.4 Å². The first kappa shape index (κ1) is 19.0. The Balaban J connectivity index is 0.00000264. The van der Waals surface area contributed by atoms with E-state index < -0.39 is 0 Å². The molecule has 4 nitrogen and oxygen atoms in total. The number of carbonyl (C=O) groups excluding carboxylic acids is 1. The maximum atomic E-state index is 11.7. The van der Waals surface area contributed by atoms with Crippen LogP contribution in [0.5, 0.6) is 5.75 Å². The second kappa shape index (κ2) is 10.6. The third-order valence-electron chi connectivity index (χ3n) is 3.29. The molecular formula is C18H23ClN2O2. The molecule has 1 amide bonds. The van der Waals surface area contributed by atoms with Crippen molar-refractivity contribution in [3.8, 4) is 5.75 Å². The van der Waals surface area contributed by atoms with Crippen LogP contribution < -0.4 is 15.4 Å². The molecule has 0 unspecified atom stereocenters. The molecule has 0 atom stereocenters. The number of benzene rings is 2. The van der Waals surface area contributed by atoms with Gasteiger partial charge in [0.1, 0.15) is 12.4 Å². The Morgan fingerprint density at radius 1 is 1.04 bits per heavy atom. The lowest BCUT2D eigenvalue weighted by molar-refractivity contribution is -0.121. The maximum Gasteiger partial charge on any atom is 0.221 e. The van der Waals surface area contributed by atoms with Crippen LogP contribution in [0.2, 0.25) is 0 Å². The molecule has 0 aliphatic carbocycles. The van der Waals surface area contributed by atoms with Crippen LogP contribution in [-0.2, 0) is 17.9 Å². The van der Waals surface area contributed by atoms with E-state index in [0.717, 1.165) is 16.9 Å². The van der Waals surface area contributed by atoms with Crippen LogP contribution >= 0.6 is 12.4 Å². The average molecular weight is 335 g/mol. The van der Waals surface area contributed by atoms with E-state index in [9.17, 15) is 4.79 Å². The molecule has 0 aliphatic heterocycles. The third kappa shape index (κ3) is 6.72. The number of para-hydroxylation sites is 1. The van der Waals surface area contributed by atoms with Crippen molar-refractivity contribution < 1.29 is 9.53 Å². The summed E-state index contributed by atoms with van der Waals surface area (Å²) in [6, 6.07) is 17.8. The summed E-state index contributed by atoms with van der Waals surface area (Å²) in [7, 11) is 1.83. The minimum Gasteiger partial charge on any atom is -0.489 e. The fourth-order valence-corrected chi connectivity index (χ4v) is 2.05. The second-order valence-corrected chi connectivity index (χ2v) is 5.01. The van der Waals surface area contributed by atoms with Gasteiger partial charge in [0.15, 0.2) is 0 Å². The second-order valence-electron chi connectivity index (χ2n) is 5.01. The summed E-state index contributed by atoms with van der Waals surface area (Å²) < 4.78 is 5.87. The number of rotatable bonds is 8. The third-order valence-corrected chi connectivity index (χ3v) is 3.29. The van der Waals surface area contributed by atoms with Gasteiger partial charge >= 0.3 is 0 Å². The van der Waals surface area contributed by atoms with E-state index in [0.29, 0.717) is 26.1 Å². The van der Waals surface area contributed by atoms with E-state index in [4.69, 9.17) is 4.74 Å². The molecule has 0 heterocycles. The van der Waals surface area contributed by atoms with E-state index in [2.05, 4.69) is 10.6 Å². The van der Waals surface area contributed by atoms with Crippen molar-refractivity contribution in [2.24, 2.45) is 0 Å². The fraction of sp³-hybridized carbons (Fsp3) is 0.278. The summed E-state index contributed by atoms with van der Waals surface area (Å²) in [5, 5.41) is 5.87. The van der Waals surface area contributed by atoms with E-state index in [1.807, 2.05) is 61.6 Å².